The zero-order chi connectivity index (χ0) is 22.6. The molecule has 2 aromatic heterocycles. The van der Waals surface area contributed by atoms with Gasteiger partial charge in [0.05, 0.1) is 16.8 Å². The van der Waals surface area contributed by atoms with Crippen LogP contribution in [0.25, 0.3) is 22.0 Å². The van der Waals surface area contributed by atoms with Crippen LogP contribution in [0.3, 0.4) is 0 Å². The lowest BCUT2D eigenvalue weighted by molar-refractivity contribution is 0.0165. The molecular weight excluding hydrogens is 397 g/mol. The topological polar surface area (TPSA) is 88.2 Å². The molecule has 0 aliphatic heterocycles. The third-order valence-electron chi connectivity index (χ3n) is 5.26. The van der Waals surface area contributed by atoms with E-state index in [2.05, 4.69) is 25.9 Å². The predicted molar refractivity (Wildman–Crippen MR) is 122 cm³/mol. The number of pyridine rings is 2. The average Bonchev–Trinajstić information content (AvgIpc) is 2.74. The molecular formula is C23H28FN5O2. The summed E-state index contributed by atoms with van der Waals surface area (Å²) in [6, 6.07) is 6.37. The van der Waals surface area contributed by atoms with Crippen LogP contribution in [0, 0.1) is 12.7 Å². The molecule has 2 amide bonds. The number of fused-ring (bicyclic) bond motifs is 1. The highest BCUT2D eigenvalue weighted by atomic mass is 19.1. The lowest BCUT2D eigenvalue weighted by atomic mass is 10.00. The van der Waals surface area contributed by atoms with Crippen LogP contribution in [0.1, 0.15) is 25.8 Å². The van der Waals surface area contributed by atoms with E-state index in [0.717, 1.165) is 33.4 Å². The molecule has 1 aromatic carbocycles. The van der Waals surface area contributed by atoms with Gasteiger partial charge < -0.3 is 20.7 Å². The summed E-state index contributed by atoms with van der Waals surface area (Å²) in [5.74, 6) is 0.236. The van der Waals surface area contributed by atoms with Crippen LogP contribution in [0.4, 0.5) is 20.7 Å². The molecule has 31 heavy (non-hydrogen) atoms. The number of halogens is 1. The van der Waals surface area contributed by atoms with E-state index in [4.69, 9.17) is 4.74 Å². The minimum atomic E-state index is -0.498. The molecule has 7 nitrogen and oxygen atoms in total. The second-order valence-electron chi connectivity index (χ2n) is 7.98. The summed E-state index contributed by atoms with van der Waals surface area (Å²) in [6.07, 6.45) is 4.11. The lowest BCUT2D eigenvalue weighted by Crippen LogP contribution is -2.34. The van der Waals surface area contributed by atoms with E-state index in [0.29, 0.717) is 13.0 Å². The number of urea groups is 1. The second-order valence-corrected chi connectivity index (χ2v) is 7.98. The highest BCUT2D eigenvalue weighted by Gasteiger charge is 2.17. The molecule has 3 aromatic rings. The van der Waals surface area contributed by atoms with Gasteiger partial charge in [-0.1, -0.05) is 0 Å². The first-order valence-electron chi connectivity index (χ1n) is 10.1. The molecule has 0 atom stereocenters. The van der Waals surface area contributed by atoms with Gasteiger partial charge in [-0.2, -0.15) is 0 Å². The van der Waals surface area contributed by atoms with E-state index in [1.54, 1.807) is 32.6 Å². The number of nitrogens with one attached hydrogen (secondary N) is 3. The van der Waals surface area contributed by atoms with Gasteiger partial charge in [-0.25, -0.2) is 14.2 Å². The first-order valence-corrected chi connectivity index (χ1v) is 10.1. The first-order chi connectivity index (χ1) is 14.7. The fraction of sp³-hybridized carbons (Fsp3) is 0.348. The predicted octanol–water partition coefficient (Wildman–Crippen LogP) is 4.72. The van der Waals surface area contributed by atoms with Crippen molar-refractivity contribution >= 4 is 28.4 Å². The minimum absolute atomic E-state index is 0.104. The largest absolute Gasteiger partial charge is 0.379 e. The number of hydrogen-bond donors (Lipinski definition) is 3. The van der Waals surface area contributed by atoms with E-state index in [1.807, 2.05) is 32.9 Å². The van der Waals surface area contributed by atoms with E-state index in [9.17, 15) is 9.18 Å². The van der Waals surface area contributed by atoms with Gasteiger partial charge in [0.2, 0.25) is 0 Å². The molecule has 8 heteroatoms. The molecule has 0 saturated heterocycles. The van der Waals surface area contributed by atoms with E-state index in [1.165, 1.54) is 6.07 Å². The summed E-state index contributed by atoms with van der Waals surface area (Å²) in [6.45, 7) is 6.10. The highest BCUT2D eigenvalue weighted by Crippen LogP contribution is 2.30. The number of benzene rings is 1. The van der Waals surface area contributed by atoms with Crippen molar-refractivity contribution < 1.29 is 13.9 Å². The molecule has 0 radical (unpaired) electrons. The van der Waals surface area contributed by atoms with Crippen LogP contribution in [0.15, 0.2) is 36.7 Å². The van der Waals surface area contributed by atoms with Crippen molar-refractivity contribution in [3.8, 4) is 11.1 Å². The van der Waals surface area contributed by atoms with Crippen molar-refractivity contribution in [2.45, 2.75) is 32.8 Å². The molecule has 0 spiro atoms. The summed E-state index contributed by atoms with van der Waals surface area (Å²) in [4.78, 5) is 21.1. The maximum atomic E-state index is 14.5. The van der Waals surface area contributed by atoms with Crippen molar-refractivity contribution in [1.82, 2.24) is 15.3 Å². The molecule has 164 valence electrons. The fourth-order valence-electron chi connectivity index (χ4n) is 3.13. The Morgan fingerprint density at radius 1 is 1.16 bits per heavy atom. The zero-order valence-electron chi connectivity index (χ0n) is 18.5. The number of aromatic nitrogens is 2. The third-order valence-corrected chi connectivity index (χ3v) is 5.26. The van der Waals surface area contributed by atoms with Crippen molar-refractivity contribution in [1.29, 1.82) is 0 Å². The lowest BCUT2D eigenvalue weighted by Gasteiger charge is -2.22. The van der Waals surface area contributed by atoms with Gasteiger partial charge in [-0.3, -0.25) is 4.98 Å². The summed E-state index contributed by atoms with van der Waals surface area (Å²) in [5.41, 5.74) is 2.90. The van der Waals surface area contributed by atoms with Crippen molar-refractivity contribution in [3.05, 3.63) is 48.0 Å². The number of nitrogens with zero attached hydrogens (tertiary/aromatic N) is 2. The third kappa shape index (κ3) is 5.46. The number of carbonyl (C=O) groups is 1. The van der Waals surface area contributed by atoms with Crippen LogP contribution in [0.2, 0.25) is 0 Å². The van der Waals surface area contributed by atoms with Gasteiger partial charge >= 0.3 is 6.03 Å². The van der Waals surface area contributed by atoms with Crippen LogP contribution >= 0.6 is 0 Å². The number of anilines is 2. The molecule has 0 fully saturated rings. The van der Waals surface area contributed by atoms with Crippen LogP contribution in [-0.4, -0.2) is 42.3 Å². The molecule has 0 unspecified atom stereocenters. The average molecular weight is 426 g/mol. The Kier molecular flexibility index (Phi) is 6.70. The van der Waals surface area contributed by atoms with Crippen LogP contribution < -0.4 is 16.0 Å². The summed E-state index contributed by atoms with van der Waals surface area (Å²) in [5, 5.41) is 9.19. The quantitative estimate of drug-likeness (QED) is 0.510. The van der Waals surface area contributed by atoms with Crippen LogP contribution in [-0.2, 0) is 4.74 Å². The minimum Gasteiger partial charge on any atom is -0.379 e. The van der Waals surface area contributed by atoms with Gasteiger partial charge in [0.1, 0.15) is 11.6 Å². The number of hydrogen-bond acceptors (Lipinski definition) is 5. The first kappa shape index (κ1) is 22.4. The van der Waals surface area contributed by atoms with Crippen molar-refractivity contribution in [2.75, 3.05) is 31.3 Å². The number of methoxy groups -OCH3 is 1. The Hall–Kier alpha value is -3.26. The summed E-state index contributed by atoms with van der Waals surface area (Å²) in [7, 11) is 3.42. The number of aryl methyl sites for hydroxylation is 1. The maximum absolute atomic E-state index is 14.5. The van der Waals surface area contributed by atoms with Gasteiger partial charge in [0, 0.05) is 50.1 Å². The Balaban J connectivity index is 1.81. The molecule has 0 saturated carbocycles. The smallest absolute Gasteiger partial charge is 0.319 e. The Morgan fingerprint density at radius 3 is 2.65 bits per heavy atom. The van der Waals surface area contributed by atoms with Crippen molar-refractivity contribution in [2.24, 2.45) is 0 Å². The van der Waals surface area contributed by atoms with E-state index < -0.39 is 11.8 Å². The number of carbonyl (C=O) groups excluding carboxylic acids is 1. The molecule has 3 rings (SSSR count). The highest BCUT2D eigenvalue weighted by molar-refractivity contribution is 5.91. The molecule has 0 aliphatic rings. The number of amides is 2. The maximum Gasteiger partial charge on any atom is 0.319 e. The van der Waals surface area contributed by atoms with Gasteiger partial charge in [-0.15, -0.1) is 0 Å². The summed E-state index contributed by atoms with van der Waals surface area (Å²) < 4.78 is 19.8. The zero-order valence-corrected chi connectivity index (χ0v) is 18.5. The molecule has 0 aliphatic carbocycles. The number of rotatable bonds is 7. The second kappa shape index (κ2) is 9.26. The van der Waals surface area contributed by atoms with Gasteiger partial charge in [-0.05, 0) is 56.5 Å². The Bertz CT molecular complexity index is 1100. The van der Waals surface area contributed by atoms with Crippen LogP contribution in [0.5, 0.6) is 0 Å². The SMILES string of the molecule is CNc1cc2ncc(-c3cc(NC(=O)NCCC(C)(C)OC)c(F)cc3C)cc2cn1. The fourth-order valence-corrected chi connectivity index (χ4v) is 3.13. The monoisotopic (exact) mass is 425 g/mol. The standard InChI is InChI=1S/C23H28FN5O2/c1-14-8-18(24)20(29-22(30)26-7-6-23(2,3)31-5)10-17(14)15-9-16-13-28-21(25-4)11-19(16)27-12-15/h8-13H,6-7H2,1-5H3,(H,25,28)(H2,26,29,30). The van der Waals surface area contributed by atoms with Crippen molar-refractivity contribution in [3.63, 3.8) is 0 Å². The summed E-state index contributed by atoms with van der Waals surface area (Å²) >= 11 is 0. The van der Waals surface area contributed by atoms with E-state index >= 15 is 0 Å². The van der Waals surface area contributed by atoms with Gasteiger partial charge in [0.25, 0.3) is 0 Å². The molecule has 0 bridgehead atoms. The molecule has 3 N–H and O–H groups in total. The van der Waals surface area contributed by atoms with Gasteiger partial charge in [0.15, 0.2) is 0 Å². The Labute approximate surface area is 181 Å². The normalized spacial score (nSPS) is 11.4. The number of ether oxygens (including phenoxy) is 1. The Morgan fingerprint density at radius 2 is 1.94 bits per heavy atom. The molecule has 2 heterocycles. The van der Waals surface area contributed by atoms with E-state index in [-0.39, 0.29) is 11.3 Å².